The molecule has 1 N–H and O–H groups in total. The Labute approximate surface area is 303 Å². The van der Waals surface area contributed by atoms with Gasteiger partial charge in [-0.3, -0.25) is 14.5 Å². The molecule has 3 saturated heterocycles. The third-order valence-corrected chi connectivity index (χ3v) is 12.1. The second-order valence-corrected chi connectivity index (χ2v) is 15.0. The summed E-state index contributed by atoms with van der Waals surface area (Å²) in [5.41, 5.74) is -1.14. The average Bonchev–Trinajstić information content (AvgIpc) is 3.75. The van der Waals surface area contributed by atoms with E-state index in [0.717, 1.165) is 37.3 Å². The molecule has 52 heavy (non-hydrogen) atoms. The Hall–Kier alpha value is -3.42. The van der Waals surface area contributed by atoms with Crippen molar-refractivity contribution in [3.05, 3.63) is 59.2 Å². The summed E-state index contributed by atoms with van der Waals surface area (Å²) >= 11 is 0. The zero-order valence-electron chi connectivity index (χ0n) is 30.6. The molecule has 0 aromatic heterocycles. The molecular formula is C39H52F4N4O5. The average molecular weight is 733 g/mol. The fourth-order valence-corrected chi connectivity index (χ4v) is 9.13. The van der Waals surface area contributed by atoms with Gasteiger partial charge in [0, 0.05) is 95.9 Å². The van der Waals surface area contributed by atoms with Crippen LogP contribution in [0.4, 0.5) is 23.2 Å². The molecule has 286 valence electrons. The van der Waals surface area contributed by atoms with Crippen molar-refractivity contribution in [2.75, 3.05) is 79.2 Å². The van der Waals surface area contributed by atoms with Gasteiger partial charge >= 0.3 is 6.18 Å². The molecule has 3 aliphatic heterocycles. The van der Waals surface area contributed by atoms with Crippen LogP contribution in [0.5, 0.6) is 5.75 Å². The second-order valence-electron chi connectivity index (χ2n) is 15.0. The number of hydrogen-bond donors (Lipinski definition) is 1. The molecule has 2 amide bonds. The number of hydrogen-bond acceptors (Lipinski definition) is 7. The van der Waals surface area contributed by atoms with Crippen molar-refractivity contribution >= 4 is 17.5 Å². The van der Waals surface area contributed by atoms with Crippen LogP contribution in [0.2, 0.25) is 0 Å². The zero-order chi connectivity index (χ0) is 37.2. The van der Waals surface area contributed by atoms with Gasteiger partial charge in [0.1, 0.15) is 5.75 Å². The smallest absolute Gasteiger partial charge is 0.416 e. The largest absolute Gasteiger partial charge is 0.497 e. The number of anilines is 1. The number of ether oxygens (including phenoxy) is 3. The van der Waals surface area contributed by atoms with Crippen LogP contribution in [-0.4, -0.2) is 114 Å². The predicted octanol–water partition coefficient (Wildman–Crippen LogP) is 5.63. The lowest BCUT2D eigenvalue weighted by molar-refractivity contribution is -0.143. The van der Waals surface area contributed by atoms with E-state index in [4.69, 9.17) is 14.2 Å². The maximum absolute atomic E-state index is 17.9. The fourth-order valence-electron chi connectivity index (χ4n) is 9.13. The zero-order valence-corrected chi connectivity index (χ0v) is 30.6. The number of halogens is 4. The predicted molar refractivity (Wildman–Crippen MR) is 189 cm³/mol. The van der Waals surface area contributed by atoms with E-state index in [1.165, 1.54) is 12.1 Å². The van der Waals surface area contributed by atoms with E-state index >= 15 is 4.39 Å². The van der Waals surface area contributed by atoms with E-state index in [1.54, 1.807) is 45.4 Å². The molecule has 9 nitrogen and oxygen atoms in total. The molecule has 2 aromatic carbocycles. The van der Waals surface area contributed by atoms with Crippen LogP contribution in [0.3, 0.4) is 0 Å². The number of amides is 2. The summed E-state index contributed by atoms with van der Waals surface area (Å²) in [6.45, 7) is 1.81. The lowest BCUT2D eigenvalue weighted by atomic mass is 9.85. The molecule has 13 heteroatoms. The molecule has 0 unspecified atom stereocenters. The number of nitrogens with zero attached hydrogens (tertiary/aromatic N) is 3. The first-order valence-corrected chi connectivity index (χ1v) is 18.5. The highest BCUT2D eigenvalue weighted by molar-refractivity contribution is 5.88. The summed E-state index contributed by atoms with van der Waals surface area (Å²) in [5, 5.41) is 2.68. The Kier molecular flexibility index (Phi) is 11.7. The number of rotatable bonds is 10. The van der Waals surface area contributed by atoms with Crippen LogP contribution in [0.15, 0.2) is 42.5 Å². The Morgan fingerprint density at radius 2 is 1.62 bits per heavy atom. The first-order valence-electron chi connectivity index (χ1n) is 18.5. The molecule has 3 heterocycles. The van der Waals surface area contributed by atoms with Crippen molar-refractivity contribution in [2.45, 2.75) is 74.4 Å². The Morgan fingerprint density at radius 1 is 0.923 bits per heavy atom. The first-order chi connectivity index (χ1) is 24.9. The van der Waals surface area contributed by atoms with Gasteiger partial charge in [0.05, 0.1) is 25.4 Å². The highest BCUT2D eigenvalue weighted by atomic mass is 19.4. The molecule has 0 spiro atoms. The number of likely N-dealkylation sites (tertiary alicyclic amines) is 2. The monoisotopic (exact) mass is 732 g/mol. The number of carbonyl (C=O) groups is 2. The lowest BCUT2D eigenvalue weighted by Gasteiger charge is -2.36. The highest BCUT2D eigenvalue weighted by Gasteiger charge is 2.57. The van der Waals surface area contributed by atoms with Crippen molar-refractivity contribution in [2.24, 2.45) is 11.8 Å². The van der Waals surface area contributed by atoms with E-state index in [-0.39, 0.29) is 62.0 Å². The molecule has 4 aliphatic rings. The van der Waals surface area contributed by atoms with E-state index in [2.05, 4.69) is 10.2 Å². The molecule has 4 fully saturated rings. The number of nitrogens with one attached hydrogen (secondary N) is 1. The summed E-state index contributed by atoms with van der Waals surface area (Å²) in [5.74, 6) is -1.60. The van der Waals surface area contributed by atoms with Gasteiger partial charge in [-0.25, -0.2) is 4.39 Å². The summed E-state index contributed by atoms with van der Waals surface area (Å²) in [6, 6.07) is 11.2. The van der Waals surface area contributed by atoms with E-state index in [1.807, 2.05) is 17.0 Å². The SMILES string of the molecule is CNC(=O)C1CCN(c2cc(C(F)(F)F)ccc2[C@H]2CN(C(=O)[C@]3(F)CN(C4CCC(OC)CC4)C[C@H]3c3ccc(OC)cc3)C[C@@H]2COC)CC1. The molecule has 6 rings (SSSR count). The van der Waals surface area contributed by atoms with Gasteiger partial charge in [0.25, 0.3) is 5.91 Å². The van der Waals surface area contributed by atoms with Crippen molar-refractivity contribution in [3.8, 4) is 5.75 Å². The van der Waals surface area contributed by atoms with Crippen molar-refractivity contribution in [1.82, 2.24) is 15.1 Å². The number of piperidine rings is 1. The maximum atomic E-state index is 17.9. The standard InChI is InChI=1S/C39H52F4N4O5/c1-44-36(48)26-15-17-45(18-16-26)35-19-28(39(41,42)43)7-14-32(35)33-21-46(20-27(33)23-50-2)37(49)38(40)24-47(29-8-12-31(52-4)13-9-29)22-34(38)25-5-10-30(51-3)11-6-25/h5-7,10-11,14,19,26-27,29,31,33-34H,8-9,12-13,15-18,20-24H2,1-4H3,(H,44,48)/t27-,29?,31?,33+,34+,38+/m1/s1. The van der Waals surface area contributed by atoms with E-state index in [9.17, 15) is 22.8 Å². The lowest BCUT2D eigenvalue weighted by Crippen LogP contribution is -2.50. The maximum Gasteiger partial charge on any atom is 0.416 e. The molecular weight excluding hydrogens is 680 g/mol. The third-order valence-electron chi connectivity index (χ3n) is 12.1. The van der Waals surface area contributed by atoms with Crippen LogP contribution in [-0.2, 0) is 25.2 Å². The summed E-state index contributed by atoms with van der Waals surface area (Å²) in [7, 11) is 6.43. The van der Waals surface area contributed by atoms with Crippen LogP contribution in [0.25, 0.3) is 0 Å². The van der Waals surface area contributed by atoms with Gasteiger partial charge in [-0.05, 0) is 73.9 Å². The molecule has 2 aromatic rings. The van der Waals surface area contributed by atoms with Gasteiger partial charge in [0.15, 0.2) is 0 Å². The number of methoxy groups -OCH3 is 3. The van der Waals surface area contributed by atoms with Crippen LogP contribution in [0.1, 0.15) is 67.1 Å². The second kappa shape index (κ2) is 15.9. The van der Waals surface area contributed by atoms with E-state index < -0.39 is 29.2 Å². The minimum atomic E-state index is -4.55. The minimum Gasteiger partial charge on any atom is -0.497 e. The first kappa shape index (κ1) is 38.3. The van der Waals surface area contributed by atoms with Crippen LogP contribution < -0.4 is 15.0 Å². The number of alkyl halides is 4. The fraction of sp³-hybridized carbons (Fsp3) is 0.641. The van der Waals surface area contributed by atoms with Crippen molar-refractivity contribution in [1.29, 1.82) is 0 Å². The third kappa shape index (κ3) is 7.77. The van der Waals surface area contributed by atoms with Gasteiger partial charge in [-0.15, -0.1) is 0 Å². The molecule has 0 radical (unpaired) electrons. The van der Waals surface area contributed by atoms with Crippen molar-refractivity contribution in [3.63, 3.8) is 0 Å². The highest BCUT2D eigenvalue weighted by Crippen LogP contribution is 2.47. The van der Waals surface area contributed by atoms with E-state index in [0.29, 0.717) is 49.5 Å². The molecule has 0 bridgehead atoms. The Bertz CT molecular complexity index is 1540. The minimum absolute atomic E-state index is 0.0350. The molecule has 4 atom stereocenters. The molecule has 1 saturated carbocycles. The van der Waals surface area contributed by atoms with Gasteiger partial charge in [-0.1, -0.05) is 18.2 Å². The van der Waals surface area contributed by atoms with Crippen LogP contribution >= 0.6 is 0 Å². The van der Waals surface area contributed by atoms with Crippen molar-refractivity contribution < 1.29 is 41.4 Å². The molecule has 1 aliphatic carbocycles. The van der Waals surface area contributed by atoms with Gasteiger partial charge in [-0.2, -0.15) is 13.2 Å². The number of benzene rings is 2. The summed E-state index contributed by atoms with van der Waals surface area (Å²) < 4.78 is 76.6. The topological polar surface area (TPSA) is 83.6 Å². The Morgan fingerprint density at radius 3 is 2.21 bits per heavy atom. The summed E-state index contributed by atoms with van der Waals surface area (Å²) in [4.78, 5) is 32.6. The normalized spacial score (nSPS) is 29.0. The summed E-state index contributed by atoms with van der Waals surface area (Å²) in [6.07, 6.45) is 0.121. The Balaban J connectivity index is 1.30. The van der Waals surface area contributed by atoms with Gasteiger partial charge in [0.2, 0.25) is 11.6 Å². The van der Waals surface area contributed by atoms with Crippen LogP contribution in [0, 0.1) is 11.8 Å². The quantitative estimate of drug-likeness (QED) is 0.318. The number of carbonyl (C=O) groups excluding carboxylic acids is 2. The van der Waals surface area contributed by atoms with Gasteiger partial charge < -0.3 is 29.3 Å².